The van der Waals surface area contributed by atoms with Crippen molar-refractivity contribution in [1.82, 2.24) is 4.98 Å². The van der Waals surface area contributed by atoms with E-state index in [1.165, 1.54) is 25.4 Å². The van der Waals surface area contributed by atoms with E-state index in [0.29, 0.717) is 20.6 Å². The summed E-state index contributed by atoms with van der Waals surface area (Å²) >= 11 is 9.19. The normalized spacial score (nSPS) is 11.8. The lowest BCUT2D eigenvalue weighted by Gasteiger charge is -2.22. The third kappa shape index (κ3) is 3.14. The second-order valence-electron chi connectivity index (χ2n) is 4.84. The van der Waals surface area contributed by atoms with Crippen molar-refractivity contribution in [2.75, 3.05) is 18.1 Å². The number of benzene rings is 1. The van der Waals surface area contributed by atoms with Gasteiger partial charge in [-0.05, 0) is 28.1 Å². The summed E-state index contributed by atoms with van der Waals surface area (Å²) in [7, 11) is -2.61. The molecule has 0 aliphatic rings. The Balaban J connectivity index is 2.14. The molecule has 3 rings (SSSR count). The van der Waals surface area contributed by atoms with E-state index in [0.717, 1.165) is 4.31 Å². The van der Waals surface area contributed by atoms with Crippen LogP contribution in [0.1, 0.15) is 0 Å². The quantitative estimate of drug-likeness (QED) is 0.450. The third-order valence-corrected chi connectivity index (χ3v) is 5.66. The van der Waals surface area contributed by atoms with Gasteiger partial charge in [0.1, 0.15) is 16.9 Å². The van der Waals surface area contributed by atoms with E-state index in [4.69, 9.17) is 20.8 Å². The predicted molar refractivity (Wildman–Crippen MR) is 94.7 cm³/mol. The van der Waals surface area contributed by atoms with Gasteiger partial charge in [-0.1, -0.05) is 29.8 Å². The van der Waals surface area contributed by atoms with Crippen LogP contribution in [0.25, 0.3) is 11.0 Å². The van der Waals surface area contributed by atoms with E-state index >= 15 is 0 Å². The van der Waals surface area contributed by atoms with Crippen molar-refractivity contribution < 1.29 is 17.6 Å². The Morgan fingerprint density at radius 1 is 1.33 bits per heavy atom. The molecule has 0 N–H and O–H groups in total. The number of ether oxygens (including phenoxy) is 1. The van der Waals surface area contributed by atoms with Crippen LogP contribution in [0.15, 0.2) is 56.7 Å². The SMILES string of the molecule is COCN(c1cc(Cl)cnc1Br)S(=O)(=O)c1cc2ccccc2o1. The lowest BCUT2D eigenvalue weighted by Crippen LogP contribution is -2.33. The molecule has 0 saturated heterocycles. The molecular weight excluding hydrogens is 420 g/mol. The van der Waals surface area contributed by atoms with E-state index in [1.54, 1.807) is 24.3 Å². The summed E-state index contributed by atoms with van der Waals surface area (Å²) in [5.41, 5.74) is 0.738. The summed E-state index contributed by atoms with van der Waals surface area (Å²) in [6.45, 7) is -0.222. The number of hydrogen-bond donors (Lipinski definition) is 0. The van der Waals surface area contributed by atoms with Crippen molar-refractivity contribution in [3.63, 3.8) is 0 Å². The van der Waals surface area contributed by atoms with Crippen LogP contribution >= 0.6 is 27.5 Å². The Morgan fingerprint density at radius 2 is 2.08 bits per heavy atom. The highest BCUT2D eigenvalue weighted by atomic mass is 79.9. The zero-order valence-corrected chi connectivity index (χ0v) is 15.6. The molecule has 0 bridgehead atoms. The fourth-order valence-electron chi connectivity index (χ4n) is 2.17. The minimum absolute atomic E-state index is 0.187. The maximum Gasteiger partial charge on any atom is 0.299 e. The van der Waals surface area contributed by atoms with Gasteiger partial charge in [-0.2, -0.15) is 8.42 Å². The second kappa shape index (κ2) is 6.72. The fourth-order valence-corrected chi connectivity index (χ4v) is 4.20. The lowest BCUT2D eigenvalue weighted by atomic mass is 10.3. The van der Waals surface area contributed by atoms with Crippen LogP contribution in [0.2, 0.25) is 5.02 Å². The first-order chi connectivity index (χ1) is 11.4. The maximum atomic E-state index is 13.0. The number of para-hydroxylation sites is 1. The first-order valence-electron chi connectivity index (χ1n) is 6.75. The van der Waals surface area contributed by atoms with Gasteiger partial charge in [0.15, 0.2) is 0 Å². The Bertz CT molecular complexity index is 957. The molecule has 0 amide bonds. The largest absolute Gasteiger partial charge is 0.443 e. The highest BCUT2D eigenvalue weighted by Crippen LogP contribution is 2.33. The molecular formula is C15H12BrClN2O4S. The van der Waals surface area contributed by atoms with Gasteiger partial charge >= 0.3 is 0 Å². The fraction of sp³-hybridized carbons (Fsp3) is 0.133. The molecule has 0 radical (unpaired) electrons. The van der Waals surface area contributed by atoms with Crippen LogP contribution in [0.4, 0.5) is 5.69 Å². The van der Waals surface area contributed by atoms with Crippen molar-refractivity contribution >= 4 is 54.2 Å². The van der Waals surface area contributed by atoms with Gasteiger partial charge in [0.2, 0.25) is 5.09 Å². The molecule has 24 heavy (non-hydrogen) atoms. The van der Waals surface area contributed by atoms with E-state index in [2.05, 4.69) is 20.9 Å². The molecule has 0 fully saturated rings. The zero-order chi connectivity index (χ0) is 17.3. The summed E-state index contributed by atoms with van der Waals surface area (Å²) in [6, 6.07) is 10.0. The number of pyridine rings is 1. The highest BCUT2D eigenvalue weighted by Gasteiger charge is 2.30. The third-order valence-electron chi connectivity index (χ3n) is 3.25. The van der Waals surface area contributed by atoms with Crippen molar-refractivity contribution in [2.45, 2.75) is 5.09 Å². The van der Waals surface area contributed by atoms with Crippen molar-refractivity contribution in [3.05, 3.63) is 52.2 Å². The first-order valence-corrected chi connectivity index (χ1v) is 9.36. The van der Waals surface area contributed by atoms with E-state index in [-0.39, 0.29) is 17.5 Å². The molecule has 1 aromatic carbocycles. The molecule has 2 aromatic heterocycles. The number of hydrogen-bond acceptors (Lipinski definition) is 5. The van der Waals surface area contributed by atoms with Gasteiger partial charge in [0.25, 0.3) is 10.0 Å². The summed E-state index contributed by atoms with van der Waals surface area (Å²) < 4.78 is 37.9. The minimum Gasteiger partial charge on any atom is -0.443 e. The average molecular weight is 432 g/mol. The van der Waals surface area contributed by atoms with E-state index < -0.39 is 10.0 Å². The minimum atomic E-state index is -4.00. The summed E-state index contributed by atoms with van der Waals surface area (Å²) in [5, 5.41) is 0.804. The summed E-state index contributed by atoms with van der Waals surface area (Å²) in [6.07, 6.45) is 1.41. The molecule has 0 aliphatic heterocycles. The van der Waals surface area contributed by atoms with Crippen LogP contribution in [-0.2, 0) is 14.8 Å². The number of nitrogens with zero attached hydrogens (tertiary/aromatic N) is 2. The standard InChI is InChI=1S/C15H12BrClN2O4S/c1-22-9-19(12-7-11(17)8-18-15(12)16)24(20,21)14-6-10-4-2-3-5-13(10)23-14/h2-8H,9H2,1H3. The topological polar surface area (TPSA) is 72.6 Å². The molecule has 0 spiro atoms. The number of anilines is 1. The van der Waals surface area contributed by atoms with E-state index in [1.807, 2.05) is 0 Å². The number of methoxy groups -OCH3 is 1. The van der Waals surface area contributed by atoms with Crippen LogP contribution in [-0.4, -0.2) is 27.2 Å². The number of rotatable bonds is 5. The molecule has 0 saturated carbocycles. The molecule has 126 valence electrons. The van der Waals surface area contributed by atoms with Crippen molar-refractivity contribution in [1.29, 1.82) is 0 Å². The second-order valence-corrected chi connectivity index (χ2v) is 7.82. The number of aromatic nitrogens is 1. The Hall–Kier alpha value is -1.61. The Labute approximate surface area is 152 Å². The molecule has 2 heterocycles. The molecule has 0 atom stereocenters. The van der Waals surface area contributed by atoms with Crippen molar-refractivity contribution in [2.24, 2.45) is 0 Å². The number of sulfonamides is 1. The molecule has 6 nitrogen and oxygen atoms in total. The number of halogens is 2. The van der Waals surface area contributed by atoms with Gasteiger partial charge in [0, 0.05) is 24.8 Å². The summed E-state index contributed by atoms with van der Waals surface area (Å²) in [5.74, 6) is 0. The number of furan rings is 1. The van der Waals surface area contributed by atoms with Gasteiger partial charge in [-0.3, -0.25) is 0 Å². The maximum absolute atomic E-state index is 13.0. The van der Waals surface area contributed by atoms with Crippen LogP contribution in [0.5, 0.6) is 0 Å². The molecule has 9 heteroatoms. The number of fused-ring (bicyclic) bond motifs is 1. The van der Waals surface area contributed by atoms with Crippen LogP contribution in [0.3, 0.4) is 0 Å². The summed E-state index contributed by atoms with van der Waals surface area (Å²) in [4.78, 5) is 4.02. The van der Waals surface area contributed by atoms with Crippen LogP contribution in [0, 0.1) is 0 Å². The predicted octanol–water partition coefficient (Wildman–Crippen LogP) is 4.04. The Kier molecular flexibility index (Phi) is 4.82. The monoisotopic (exact) mass is 430 g/mol. The smallest absolute Gasteiger partial charge is 0.299 e. The average Bonchev–Trinajstić information content (AvgIpc) is 3.00. The zero-order valence-electron chi connectivity index (χ0n) is 12.4. The van der Waals surface area contributed by atoms with Crippen LogP contribution < -0.4 is 4.31 Å². The van der Waals surface area contributed by atoms with Gasteiger partial charge in [-0.15, -0.1) is 0 Å². The van der Waals surface area contributed by atoms with Crippen molar-refractivity contribution in [3.8, 4) is 0 Å². The van der Waals surface area contributed by atoms with E-state index in [9.17, 15) is 8.42 Å². The molecule has 3 aromatic rings. The highest BCUT2D eigenvalue weighted by molar-refractivity contribution is 9.10. The molecule has 0 aliphatic carbocycles. The first kappa shape index (κ1) is 17.2. The van der Waals surface area contributed by atoms with Gasteiger partial charge < -0.3 is 9.15 Å². The lowest BCUT2D eigenvalue weighted by molar-refractivity contribution is 0.209. The Morgan fingerprint density at radius 3 is 2.79 bits per heavy atom. The van der Waals surface area contributed by atoms with Gasteiger partial charge in [-0.25, -0.2) is 9.29 Å². The molecule has 0 unspecified atom stereocenters. The van der Waals surface area contributed by atoms with Gasteiger partial charge in [0.05, 0.1) is 10.7 Å².